The number of hydrogen-bond donors (Lipinski definition) is 0. The number of halogens is 1. The predicted molar refractivity (Wildman–Crippen MR) is 79.5 cm³/mol. The van der Waals surface area contributed by atoms with Crippen molar-refractivity contribution < 1.29 is 8.42 Å². The predicted octanol–water partition coefficient (Wildman–Crippen LogP) is 2.91. The van der Waals surface area contributed by atoms with Gasteiger partial charge in [-0.15, -0.1) is 11.6 Å². The molecule has 1 aliphatic heterocycles. The Labute approximate surface area is 118 Å². The number of rotatable bonds is 5. The molecule has 1 atom stereocenters. The lowest BCUT2D eigenvalue weighted by molar-refractivity contribution is 0.553. The molecule has 1 aliphatic rings. The van der Waals surface area contributed by atoms with Crippen molar-refractivity contribution in [3.05, 3.63) is 46.9 Å². The molecule has 19 heavy (non-hydrogen) atoms. The summed E-state index contributed by atoms with van der Waals surface area (Å²) in [6.45, 7) is 2.00. The summed E-state index contributed by atoms with van der Waals surface area (Å²) in [4.78, 5) is 4.72. The highest BCUT2D eigenvalue weighted by molar-refractivity contribution is 7.96. The van der Waals surface area contributed by atoms with E-state index >= 15 is 0 Å². The minimum Gasteiger partial charge on any atom is -0.276 e. The normalized spacial score (nSPS) is 22.5. The van der Waals surface area contributed by atoms with E-state index < -0.39 is 15.4 Å². The molecular weight excluding hydrogens is 282 g/mol. The Morgan fingerprint density at radius 3 is 2.53 bits per heavy atom. The Morgan fingerprint density at radius 2 is 1.95 bits per heavy atom. The average molecular weight is 298 g/mol. The van der Waals surface area contributed by atoms with Gasteiger partial charge in [-0.05, 0) is 18.1 Å². The van der Waals surface area contributed by atoms with Gasteiger partial charge in [-0.3, -0.25) is 4.99 Å². The summed E-state index contributed by atoms with van der Waals surface area (Å²) in [6, 6.07) is 9.73. The molecule has 0 spiro atoms. The first-order valence-corrected chi connectivity index (χ1v) is 8.35. The molecule has 1 aromatic carbocycles. The third-order valence-corrected chi connectivity index (χ3v) is 5.42. The number of aliphatic imine (C=N–C) groups is 1. The highest BCUT2D eigenvalue weighted by Gasteiger charge is 2.33. The van der Waals surface area contributed by atoms with Crippen LogP contribution in [0.25, 0.3) is 0 Å². The van der Waals surface area contributed by atoms with Crippen molar-refractivity contribution in [2.45, 2.75) is 18.9 Å². The first-order valence-electron chi connectivity index (χ1n) is 6.16. The number of benzene rings is 1. The molecule has 0 fully saturated rings. The van der Waals surface area contributed by atoms with E-state index in [2.05, 4.69) is 4.99 Å². The van der Waals surface area contributed by atoms with Crippen molar-refractivity contribution in [1.29, 1.82) is 0 Å². The molecule has 0 aliphatic carbocycles. The maximum atomic E-state index is 12.0. The quantitative estimate of drug-likeness (QED) is 0.785. The van der Waals surface area contributed by atoms with Crippen molar-refractivity contribution in [2.75, 3.05) is 11.6 Å². The summed E-state index contributed by atoms with van der Waals surface area (Å²) in [6.07, 6.45) is 3.91. The molecule has 0 bridgehead atoms. The Bertz CT molecular complexity index is 608. The second-order valence-electron chi connectivity index (χ2n) is 4.46. The molecule has 0 saturated heterocycles. The standard InChI is InChI=1S/C14H16ClNO2S/c1-2-14(12-6-4-3-5-7-12)10-13(11-16-14)19(17,18)9-8-15/h3-7,10-11H,2,8-9H2,1H3. The van der Waals surface area contributed by atoms with Crippen molar-refractivity contribution in [1.82, 2.24) is 0 Å². The first kappa shape index (κ1) is 14.3. The van der Waals surface area contributed by atoms with E-state index in [4.69, 9.17) is 11.6 Å². The second kappa shape index (κ2) is 5.47. The monoisotopic (exact) mass is 297 g/mol. The molecule has 1 aromatic rings. The van der Waals surface area contributed by atoms with Gasteiger partial charge >= 0.3 is 0 Å². The molecule has 102 valence electrons. The van der Waals surface area contributed by atoms with Gasteiger partial charge < -0.3 is 0 Å². The van der Waals surface area contributed by atoms with E-state index in [-0.39, 0.29) is 16.5 Å². The van der Waals surface area contributed by atoms with Crippen LogP contribution in [0.4, 0.5) is 0 Å². The Kier molecular flexibility index (Phi) is 4.11. The fourth-order valence-corrected chi connectivity index (χ4v) is 3.80. The number of allylic oxidation sites excluding steroid dienone is 1. The van der Waals surface area contributed by atoms with Gasteiger partial charge in [0.2, 0.25) is 0 Å². The number of hydrogen-bond acceptors (Lipinski definition) is 3. The van der Waals surface area contributed by atoms with Gasteiger partial charge in [0.05, 0.1) is 10.7 Å². The van der Waals surface area contributed by atoms with Crippen LogP contribution in [0.2, 0.25) is 0 Å². The van der Waals surface area contributed by atoms with Crippen LogP contribution in [0, 0.1) is 0 Å². The van der Waals surface area contributed by atoms with Gasteiger partial charge in [-0.25, -0.2) is 8.42 Å². The van der Waals surface area contributed by atoms with Crippen molar-refractivity contribution in [2.24, 2.45) is 4.99 Å². The van der Waals surface area contributed by atoms with E-state index in [1.807, 2.05) is 37.3 Å². The van der Waals surface area contributed by atoms with E-state index in [1.54, 1.807) is 6.08 Å². The smallest absolute Gasteiger partial charge is 0.180 e. The lowest BCUT2D eigenvalue weighted by Crippen LogP contribution is -2.18. The Morgan fingerprint density at radius 1 is 1.26 bits per heavy atom. The topological polar surface area (TPSA) is 46.5 Å². The minimum atomic E-state index is -3.32. The van der Waals surface area contributed by atoms with Crippen LogP contribution in [0.5, 0.6) is 0 Å². The fourth-order valence-electron chi connectivity index (χ4n) is 2.16. The third-order valence-electron chi connectivity index (χ3n) is 3.32. The van der Waals surface area contributed by atoms with E-state index in [0.717, 1.165) is 5.56 Å². The van der Waals surface area contributed by atoms with Crippen LogP contribution in [0.15, 0.2) is 46.3 Å². The molecule has 0 saturated carbocycles. The average Bonchev–Trinajstić information content (AvgIpc) is 2.86. The fraction of sp³-hybridized carbons (Fsp3) is 0.357. The zero-order chi connectivity index (χ0) is 13.9. The zero-order valence-corrected chi connectivity index (χ0v) is 12.3. The van der Waals surface area contributed by atoms with Crippen LogP contribution in [-0.4, -0.2) is 26.3 Å². The Hall–Kier alpha value is -1.13. The lowest BCUT2D eigenvalue weighted by atomic mass is 9.89. The molecule has 0 radical (unpaired) electrons. The maximum Gasteiger partial charge on any atom is 0.180 e. The van der Waals surface area contributed by atoms with E-state index in [0.29, 0.717) is 6.42 Å². The summed E-state index contributed by atoms with van der Waals surface area (Å²) in [7, 11) is -3.32. The van der Waals surface area contributed by atoms with Crippen LogP contribution in [0.1, 0.15) is 18.9 Å². The van der Waals surface area contributed by atoms with Crippen molar-refractivity contribution in [3.63, 3.8) is 0 Å². The second-order valence-corrected chi connectivity index (χ2v) is 6.94. The van der Waals surface area contributed by atoms with Gasteiger partial charge in [-0.2, -0.15) is 0 Å². The van der Waals surface area contributed by atoms with Crippen LogP contribution in [0.3, 0.4) is 0 Å². The van der Waals surface area contributed by atoms with Crippen LogP contribution in [-0.2, 0) is 15.4 Å². The minimum absolute atomic E-state index is 0.0546. The van der Waals surface area contributed by atoms with Gasteiger partial charge in [0.1, 0.15) is 5.54 Å². The van der Waals surface area contributed by atoms with Gasteiger partial charge in [0.25, 0.3) is 0 Å². The van der Waals surface area contributed by atoms with E-state index in [9.17, 15) is 8.42 Å². The molecule has 1 heterocycles. The Balaban J connectivity index is 2.43. The van der Waals surface area contributed by atoms with E-state index in [1.165, 1.54) is 6.21 Å². The van der Waals surface area contributed by atoms with Crippen LogP contribution < -0.4 is 0 Å². The molecular formula is C14H16ClNO2S. The molecule has 0 aromatic heterocycles. The summed E-state index contributed by atoms with van der Waals surface area (Å²) in [5.41, 5.74) is 0.445. The summed E-state index contributed by atoms with van der Waals surface area (Å²) in [5, 5.41) is 0. The highest BCUT2D eigenvalue weighted by atomic mass is 35.5. The number of sulfone groups is 1. The first-order chi connectivity index (χ1) is 9.04. The summed E-state index contributed by atoms with van der Waals surface area (Å²) < 4.78 is 24.0. The maximum absolute atomic E-state index is 12.0. The van der Waals surface area contributed by atoms with Gasteiger partial charge in [-0.1, -0.05) is 37.3 Å². The molecule has 0 amide bonds. The summed E-state index contributed by atoms with van der Waals surface area (Å²) in [5.74, 6) is 0.0406. The summed E-state index contributed by atoms with van der Waals surface area (Å²) >= 11 is 5.54. The van der Waals surface area contributed by atoms with Crippen molar-refractivity contribution in [3.8, 4) is 0 Å². The zero-order valence-electron chi connectivity index (χ0n) is 10.7. The molecule has 5 heteroatoms. The number of alkyl halides is 1. The molecule has 1 unspecified atom stereocenters. The molecule has 2 rings (SSSR count). The molecule has 0 N–H and O–H groups in total. The van der Waals surface area contributed by atoms with Gasteiger partial charge in [0, 0.05) is 12.1 Å². The largest absolute Gasteiger partial charge is 0.276 e. The highest BCUT2D eigenvalue weighted by Crippen LogP contribution is 2.36. The van der Waals surface area contributed by atoms with Crippen molar-refractivity contribution >= 4 is 27.7 Å². The van der Waals surface area contributed by atoms with Crippen LogP contribution >= 0.6 is 11.6 Å². The lowest BCUT2D eigenvalue weighted by Gasteiger charge is -2.22. The molecule has 3 nitrogen and oxygen atoms in total. The van der Waals surface area contributed by atoms with Gasteiger partial charge in [0.15, 0.2) is 9.84 Å². The third kappa shape index (κ3) is 2.74. The SMILES string of the molecule is CCC1(c2ccccc2)C=C(S(=O)(=O)CCCl)C=N1. The number of nitrogens with zero attached hydrogens (tertiary/aromatic N) is 1.